The van der Waals surface area contributed by atoms with E-state index in [1.807, 2.05) is 16.7 Å². The van der Waals surface area contributed by atoms with E-state index in [0.717, 1.165) is 42.5 Å². The van der Waals surface area contributed by atoms with E-state index in [1.165, 1.54) is 6.07 Å². The Kier molecular flexibility index (Phi) is 6.16. The number of rotatable bonds is 5. The lowest BCUT2D eigenvalue weighted by molar-refractivity contribution is -0.135. The Bertz CT molecular complexity index is 1190. The van der Waals surface area contributed by atoms with Crippen LogP contribution < -0.4 is 5.56 Å². The molecular weight excluding hydrogens is 433 g/mol. The van der Waals surface area contributed by atoms with Crippen molar-refractivity contribution < 1.29 is 14.3 Å². The van der Waals surface area contributed by atoms with Gasteiger partial charge in [-0.05, 0) is 49.5 Å². The number of carbonyl (C=O) groups is 1. The fourth-order valence-corrected chi connectivity index (χ4v) is 6.17. The van der Waals surface area contributed by atoms with Crippen molar-refractivity contribution in [2.45, 2.75) is 50.9 Å². The molecule has 2 bridgehead atoms. The summed E-state index contributed by atoms with van der Waals surface area (Å²) in [6.07, 6.45) is 6.30. The molecule has 1 aliphatic carbocycles. The second kappa shape index (κ2) is 9.12. The predicted molar refractivity (Wildman–Crippen MR) is 128 cm³/mol. The number of hydrogen-bond acceptors (Lipinski definition) is 4. The Morgan fingerprint density at radius 3 is 2.65 bits per heavy atom. The first kappa shape index (κ1) is 23.0. The molecular formula is C27H32FN3O3. The van der Waals surface area contributed by atoms with Crippen LogP contribution in [0.4, 0.5) is 4.39 Å². The van der Waals surface area contributed by atoms with Crippen LogP contribution in [0.1, 0.15) is 48.5 Å². The van der Waals surface area contributed by atoms with E-state index in [9.17, 15) is 19.1 Å². The van der Waals surface area contributed by atoms with Crippen molar-refractivity contribution in [2.24, 2.45) is 11.8 Å². The molecule has 7 heteroatoms. The van der Waals surface area contributed by atoms with Crippen LogP contribution in [0, 0.1) is 17.7 Å². The lowest BCUT2D eigenvalue weighted by Gasteiger charge is -2.38. The summed E-state index contributed by atoms with van der Waals surface area (Å²) in [5.41, 5.74) is 3.13. The van der Waals surface area contributed by atoms with Crippen LogP contribution in [0.2, 0.25) is 0 Å². The molecule has 34 heavy (non-hydrogen) atoms. The van der Waals surface area contributed by atoms with Gasteiger partial charge in [-0.1, -0.05) is 24.3 Å². The number of pyridine rings is 1. The van der Waals surface area contributed by atoms with Crippen LogP contribution >= 0.6 is 0 Å². The van der Waals surface area contributed by atoms with Crippen LogP contribution in [0.15, 0.2) is 47.3 Å². The third-order valence-electron chi connectivity index (χ3n) is 7.84. The summed E-state index contributed by atoms with van der Waals surface area (Å²) in [5, 5.41) is 10.4. The Labute approximate surface area is 199 Å². The minimum Gasteiger partial charge on any atom is -0.396 e. The standard InChI is InChI=1S/C27H32FN3O3/c1-29(2)27(34)24-20(16-32)23-15-31-22(13-12-19(26(31)33)17-8-4-3-5-9-17)25(24)30(23)14-18-10-6-7-11-21(18)28/h6-8,10-13,20,23-25,32H,3-5,9,14-16H2,1-2H3/t20-,23-,24+,25+/m1/s1. The smallest absolute Gasteiger partial charge is 0.258 e. The van der Waals surface area contributed by atoms with Gasteiger partial charge in [-0.25, -0.2) is 4.39 Å². The van der Waals surface area contributed by atoms with Crippen LogP contribution in [0.5, 0.6) is 0 Å². The van der Waals surface area contributed by atoms with E-state index < -0.39 is 12.0 Å². The van der Waals surface area contributed by atoms with Gasteiger partial charge in [0.25, 0.3) is 5.56 Å². The quantitative estimate of drug-likeness (QED) is 0.737. The number of amides is 1. The maximum Gasteiger partial charge on any atom is 0.258 e. The summed E-state index contributed by atoms with van der Waals surface area (Å²) in [5.74, 6) is -1.22. The SMILES string of the molecule is CN(C)C(=O)[C@H]1[C@H](CO)[C@H]2Cn3c(ccc(C4=CCCCC4)c3=O)[C@@H]1N2Cc1ccccc1F. The number of nitrogens with zero attached hydrogens (tertiary/aromatic N) is 3. The van der Waals surface area contributed by atoms with Gasteiger partial charge in [0, 0.05) is 62.6 Å². The highest BCUT2D eigenvalue weighted by Gasteiger charge is 2.56. The lowest BCUT2D eigenvalue weighted by atomic mass is 9.86. The number of aliphatic hydroxyl groups is 1. The molecule has 3 heterocycles. The normalized spacial score (nSPS) is 26.2. The average molecular weight is 466 g/mol. The number of carbonyl (C=O) groups excluding carboxylic acids is 1. The summed E-state index contributed by atoms with van der Waals surface area (Å²) in [6.45, 7) is 0.527. The first-order valence-electron chi connectivity index (χ1n) is 12.2. The zero-order chi connectivity index (χ0) is 24.0. The molecule has 5 rings (SSSR count). The molecule has 1 saturated heterocycles. The maximum absolute atomic E-state index is 14.6. The Morgan fingerprint density at radius 1 is 1.18 bits per heavy atom. The van der Waals surface area contributed by atoms with E-state index in [-0.39, 0.29) is 35.9 Å². The second-order valence-corrected chi connectivity index (χ2v) is 9.94. The van der Waals surface area contributed by atoms with Gasteiger partial charge in [0.1, 0.15) is 5.82 Å². The number of aliphatic hydroxyl groups excluding tert-OH is 1. The monoisotopic (exact) mass is 465 g/mol. The number of allylic oxidation sites excluding steroid dienone is 2. The lowest BCUT2D eigenvalue weighted by Crippen LogP contribution is -2.46. The van der Waals surface area contributed by atoms with E-state index in [1.54, 1.807) is 37.2 Å². The highest BCUT2D eigenvalue weighted by Crippen LogP contribution is 2.49. The van der Waals surface area contributed by atoms with Gasteiger partial charge in [-0.15, -0.1) is 0 Å². The molecule has 1 aromatic heterocycles. The van der Waals surface area contributed by atoms with Crippen molar-refractivity contribution in [1.82, 2.24) is 14.4 Å². The molecule has 2 aliphatic heterocycles. The molecule has 1 N–H and O–H groups in total. The van der Waals surface area contributed by atoms with E-state index in [0.29, 0.717) is 18.7 Å². The molecule has 4 atom stereocenters. The minimum atomic E-state index is -0.510. The summed E-state index contributed by atoms with van der Waals surface area (Å²) in [6, 6.07) is 9.87. The fourth-order valence-electron chi connectivity index (χ4n) is 6.17. The molecule has 1 aromatic carbocycles. The topological polar surface area (TPSA) is 65.8 Å². The number of aromatic nitrogens is 1. The first-order chi connectivity index (χ1) is 16.4. The van der Waals surface area contributed by atoms with Gasteiger partial charge >= 0.3 is 0 Å². The molecule has 3 aliphatic rings. The average Bonchev–Trinajstić information content (AvgIpc) is 3.05. The highest BCUT2D eigenvalue weighted by molar-refractivity contribution is 5.80. The Balaban J connectivity index is 1.63. The van der Waals surface area contributed by atoms with Gasteiger partial charge in [0.05, 0.1) is 12.0 Å². The Hall–Kier alpha value is -2.77. The summed E-state index contributed by atoms with van der Waals surface area (Å²) < 4.78 is 16.4. The minimum absolute atomic E-state index is 0.0270. The van der Waals surface area contributed by atoms with Gasteiger partial charge in [-0.2, -0.15) is 0 Å². The second-order valence-electron chi connectivity index (χ2n) is 9.94. The molecule has 0 radical (unpaired) electrons. The van der Waals surface area contributed by atoms with Crippen molar-refractivity contribution >= 4 is 11.5 Å². The molecule has 1 fully saturated rings. The summed E-state index contributed by atoms with van der Waals surface area (Å²) in [4.78, 5) is 30.7. The van der Waals surface area contributed by atoms with Gasteiger partial charge in [0.15, 0.2) is 0 Å². The van der Waals surface area contributed by atoms with Crippen molar-refractivity contribution in [3.63, 3.8) is 0 Å². The molecule has 0 saturated carbocycles. The Morgan fingerprint density at radius 2 is 1.97 bits per heavy atom. The molecule has 0 unspecified atom stereocenters. The number of hydrogen-bond donors (Lipinski definition) is 1. The van der Waals surface area contributed by atoms with Gasteiger partial charge in [-0.3, -0.25) is 14.5 Å². The molecule has 1 amide bonds. The maximum atomic E-state index is 14.6. The third kappa shape index (κ3) is 3.71. The van der Waals surface area contributed by atoms with Crippen LogP contribution in [-0.4, -0.2) is 52.1 Å². The molecule has 2 aromatic rings. The van der Waals surface area contributed by atoms with Crippen LogP contribution in [0.3, 0.4) is 0 Å². The van der Waals surface area contributed by atoms with E-state index in [2.05, 4.69) is 11.0 Å². The zero-order valence-electron chi connectivity index (χ0n) is 19.8. The number of fused-ring (bicyclic) bond motifs is 4. The number of benzene rings is 1. The molecule has 6 nitrogen and oxygen atoms in total. The fraction of sp³-hybridized carbons (Fsp3) is 0.481. The van der Waals surface area contributed by atoms with Crippen molar-refractivity contribution in [1.29, 1.82) is 0 Å². The highest BCUT2D eigenvalue weighted by atomic mass is 19.1. The largest absolute Gasteiger partial charge is 0.396 e. The van der Waals surface area contributed by atoms with Crippen LogP contribution in [0.25, 0.3) is 5.57 Å². The predicted octanol–water partition coefficient (Wildman–Crippen LogP) is 3.20. The third-order valence-corrected chi connectivity index (χ3v) is 7.84. The van der Waals surface area contributed by atoms with Crippen molar-refractivity contribution in [3.05, 3.63) is 75.5 Å². The molecule has 0 spiro atoms. The van der Waals surface area contributed by atoms with E-state index in [4.69, 9.17) is 0 Å². The van der Waals surface area contributed by atoms with Gasteiger partial charge in [0.2, 0.25) is 5.91 Å². The summed E-state index contributed by atoms with van der Waals surface area (Å²) >= 11 is 0. The van der Waals surface area contributed by atoms with E-state index >= 15 is 0 Å². The number of halogens is 1. The molecule has 180 valence electrons. The first-order valence-corrected chi connectivity index (χ1v) is 12.2. The zero-order valence-corrected chi connectivity index (χ0v) is 19.8. The van der Waals surface area contributed by atoms with Crippen LogP contribution in [-0.2, 0) is 17.9 Å². The van der Waals surface area contributed by atoms with Crippen molar-refractivity contribution in [2.75, 3.05) is 20.7 Å². The summed E-state index contributed by atoms with van der Waals surface area (Å²) in [7, 11) is 3.43. The van der Waals surface area contributed by atoms with Crippen molar-refractivity contribution in [3.8, 4) is 0 Å². The van der Waals surface area contributed by atoms with Gasteiger partial charge < -0.3 is 14.6 Å².